The third-order valence-electron chi connectivity index (χ3n) is 5.76. The largest absolute Gasteiger partial charge is 0.322 e. The van der Waals surface area contributed by atoms with Gasteiger partial charge in [0, 0.05) is 25.0 Å². The lowest BCUT2D eigenvalue weighted by atomic mass is 10.2. The van der Waals surface area contributed by atoms with Crippen molar-refractivity contribution in [1.82, 2.24) is 8.87 Å². The predicted molar refractivity (Wildman–Crippen MR) is 128 cm³/mol. The van der Waals surface area contributed by atoms with Crippen molar-refractivity contribution in [2.45, 2.75) is 37.1 Å². The second kappa shape index (κ2) is 10.1. The van der Waals surface area contributed by atoms with Gasteiger partial charge in [0.15, 0.2) is 0 Å². The van der Waals surface area contributed by atoms with E-state index in [0.29, 0.717) is 25.3 Å². The molecular weight excluding hydrogens is 438 g/mol. The van der Waals surface area contributed by atoms with Crippen LogP contribution < -0.4 is 10.9 Å². The number of hydrogen-bond donors (Lipinski definition) is 1. The summed E-state index contributed by atoms with van der Waals surface area (Å²) in [5.74, 6) is -0.577. The molecule has 1 aliphatic rings. The standard InChI is InChI=1S/C25H27N3O4S/c29-24(23-14-9-15-27(25(23)30)19-20-10-4-3-5-11-20)26-21-12-8-13-22(18-21)33(31,32)28-16-6-1-2-7-17-28/h3-5,8-15,18H,1-2,6-7,16-17,19H2,(H,26,29). The first-order chi connectivity index (χ1) is 15.9. The van der Waals surface area contributed by atoms with E-state index in [-0.39, 0.29) is 10.5 Å². The molecule has 4 rings (SSSR count). The Morgan fingerprint density at radius 1 is 0.879 bits per heavy atom. The molecule has 1 saturated heterocycles. The zero-order chi connectivity index (χ0) is 23.3. The van der Waals surface area contributed by atoms with Crippen LogP contribution in [0.2, 0.25) is 0 Å². The fourth-order valence-electron chi connectivity index (χ4n) is 3.98. The lowest BCUT2D eigenvalue weighted by Gasteiger charge is -2.20. The van der Waals surface area contributed by atoms with Gasteiger partial charge >= 0.3 is 0 Å². The van der Waals surface area contributed by atoms with Gasteiger partial charge < -0.3 is 9.88 Å². The van der Waals surface area contributed by atoms with Crippen molar-refractivity contribution >= 4 is 21.6 Å². The first-order valence-corrected chi connectivity index (χ1v) is 12.5. The number of nitrogens with zero attached hydrogens (tertiary/aromatic N) is 2. The highest BCUT2D eigenvalue weighted by Gasteiger charge is 2.25. The minimum Gasteiger partial charge on any atom is -0.322 e. The Morgan fingerprint density at radius 3 is 2.33 bits per heavy atom. The topological polar surface area (TPSA) is 88.5 Å². The lowest BCUT2D eigenvalue weighted by Crippen LogP contribution is -2.32. The maximum atomic E-state index is 13.1. The minimum atomic E-state index is -3.64. The van der Waals surface area contributed by atoms with Gasteiger partial charge in [0.1, 0.15) is 5.56 Å². The summed E-state index contributed by atoms with van der Waals surface area (Å²) in [5.41, 5.74) is 0.860. The van der Waals surface area contributed by atoms with E-state index >= 15 is 0 Å². The van der Waals surface area contributed by atoms with Crippen LogP contribution >= 0.6 is 0 Å². The zero-order valence-electron chi connectivity index (χ0n) is 18.3. The number of nitrogens with one attached hydrogen (secondary N) is 1. The smallest absolute Gasteiger partial charge is 0.263 e. The van der Waals surface area contributed by atoms with Gasteiger partial charge in [0.25, 0.3) is 11.5 Å². The number of carbonyl (C=O) groups is 1. The summed E-state index contributed by atoms with van der Waals surface area (Å²) in [6.07, 6.45) is 5.39. The Labute approximate surface area is 193 Å². The van der Waals surface area contributed by atoms with Crippen LogP contribution in [0.15, 0.2) is 82.6 Å². The number of sulfonamides is 1. The molecule has 1 amide bonds. The van der Waals surface area contributed by atoms with Crippen molar-refractivity contribution in [3.05, 3.63) is 94.4 Å². The summed E-state index contributed by atoms with van der Waals surface area (Å²) in [5, 5.41) is 2.68. The highest BCUT2D eigenvalue weighted by atomic mass is 32.2. The van der Waals surface area contributed by atoms with Crippen molar-refractivity contribution < 1.29 is 13.2 Å². The van der Waals surface area contributed by atoms with Crippen LogP contribution in [0.5, 0.6) is 0 Å². The van der Waals surface area contributed by atoms with Gasteiger partial charge in [0.2, 0.25) is 10.0 Å². The molecule has 1 aromatic heterocycles. The van der Waals surface area contributed by atoms with Crippen molar-refractivity contribution in [2.24, 2.45) is 0 Å². The molecule has 2 aromatic carbocycles. The molecule has 2 heterocycles. The van der Waals surface area contributed by atoms with E-state index in [2.05, 4.69) is 5.32 Å². The third-order valence-corrected chi connectivity index (χ3v) is 7.65. The van der Waals surface area contributed by atoms with Crippen molar-refractivity contribution in [1.29, 1.82) is 0 Å². The predicted octanol–water partition coefficient (Wildman–Crippen LogP) is 3.71. The van der Waals surface area contributed by atoms with Gasteiger partial charge in [-0.05, 0) is 48.7 Å². The molecule has 3 aromatic rings. The van der Waals surface area contributed by atoms with Crippen LogP contribution in [-0.2, 0) is 16.6 Å². The normalized spacial score (nSPS) is 15.0. The average Bonchev–Trinajstić information content (AvgIpc) is 3.12. The van der Waals surface area contributed by atoms with Crippen molar-refractivity contribution in [3.63, 3.8) is 0 Å². The first kappa shape index (κ1) is 22.9. The van der Waals surface area contributed by atoms with E-state index < -0.39 is 21.5 Å². The average molecular weight is 466 g/mol. The molecule has 172 valence electrons. The third kappa shape index (κ3) is 5.40. The van der Waals surface area contributed by atoms with Crippen LogP contribution in [0.3, 0.4) is 0 Å². The van der Waals surface area contributed by atoms with Gasteiger partial charge in [-0.15, -0.1) is 0 Å². The first-order valence-electron chi connectivity index (χ1n) is 11.1. The number of carbonyl (C=O) groups excluding carboxylic acids is 1. The SMILES string of the molecule is O=C(Nc1cccc(S(=O)(=O)N2CCCCCC2)c1)c1cccn(Cc2ccccc2)c1=O. The van der Waals surface area contributed by atoms with E-state index in [9.17, 15) is 18.0 Å². The Morgan fingerprint density at radius 2 is 1.61 bits per heavy atom. The van der Waals surface area contributed by atoms with Crippen LogP contribution in [0, 0.1) is 0 Å². The van der Waals surface area contributed by atoms with Crippen molar-refractivity contribution in [3.8, 4) is 0 Å². The highest BCUT2D eigenvalue weighted by Crippen LogP contribution is 2.23. The summed E-state index contributed by atoms with van der Waals surface area (Å²) >= 11 is 0. The summed E-state index contributed by atoms with van der Waals surface area (Å²) in [6, 6.07) is 18.8. The van der Waals surface area contributed by atoms with Crippen LogP contribution in [0.4, 0.5) is 5.69 Å². The number of aromatic nitrogens is 1. The van der Waals surface area contributed by atoms with E-state index in [1.807, 2.05) is 30.3 Å². The van der Waals surface area contributed by atoms with E-state index in [0.717, 1.165) is 31.2 Å². The quantitative estimate of drug-likeness (QED) is 0.601. The molecule has 0 spiro atoms. The molecule has 33 heavy (non-hydrogen) atoms. The molecule has 0 aliphatic carbocycles. The second-order valence-electron chi connectivity index (χ2n) is 8.14. The fourth-order valence-corrected chi connectivity index (χ4v) is 5.54. The van der Waals surface area contributed by atoms with Gasteiger partial charge in [-0.25, -0.2) is 8.42 Å². The molecule has 0 saturated carbocycles. The lowest BCUT2D eigenvalue weighted by molar-refractivity contribution is 0.102. The monoisotopic (exact) mass is 465 g/mol. The van der Waals surface area contributed by atoms with Crippen LogP contribution in [0.25, 0.3) is 0 Å². The molecule has 1 N–H and O–H groups in total. The number of benzene rings is 2. The van der Waals surface area contributed by atoms with Gasteiger partial charge in [-0.2, -0.15) is 4.31 Å². The number of hydrogen-bond acceptors (Lipinski definition) is 4. The minimum absolute atomic E-state index is 0.00536. The molecule has 0 bridgehead atoms. The van der Waals surface area contributed by atoms with Gasteiger partial charge in [-0.3, -0.25) is 9.59 Å². The zero-order valence-corrected chi connectivity index (χ0v) is 19.1. The van der Waals surface area contributed by atoms with Crippen LogP contribution in [0.1, 0.15) is 41.6 Å². The van der Waals surface area contributed by atoms with E-state index in [4.69, 9.17) is 0 Å². The Hall–Kier alpha value is -3.23. The molecule has 0 radical (unpaired) electrons. The van der Waals surface area contributed by atoms with Gasteiger partial charge in [0.05, 0.1) is 11.4 Å². The molecule has 0 unspecified atom stereocenters. The second-order valence-corrected chi connectivity index (χ2v) is 10.1. The van der Waals surface area contributed by atoms with Crippen molar-refractivity contribution in [2.75, 3.05) is 18.4 Å². The highest BCUT2D eigenvalue weighted by molar-refractivity contribution is 7.89. The molecular formula is C25H27N3O4S. The van der Waals surface area contributed by atoms with E-state index in [1.165, 1.54) is 27.1 Å². The van der Waals surface area contributed by atoms with E-state index in [1.54, 1.807) is 24.4 Å². The maximum absolute atomic E-state index is 13.1. The summed E-state index contributed by atoms with van der Waals surface area (Å²) in [6.45, 7) is 1.36. The molecule has 7 nitrogen and oxygen atoms in total. The Balaban J connectivity index is 1.54. The summed E-state index contributed by atoms with van der Waals surface area (Å²) < 4.78 is 29.2. The fraction of sp³-hybridized carbons (Fsp3) is 0.280. The molecule has 8 heteroatoms. The molecule has 0 atom stereocenters. The Bertz CT molecular complexity index is 1280. The maximum Gasteiger partial charge on any atom is 0.263 e. The molecule has 1 fully saturated rings. The number of pyridine rings is 1. The van der Waals surface area contributed by atoms with Crippen LogP contribution in [-0.4, -0.2) is 36.3 Å². The summed E-state index contributed by atoms with van der Waals surface area (Å²) in [4.78, 5) is 25.9. The number of anilines is 1. The van der Waals surface area contributed by atoms with Gasteiger partial charge in [-0.1, -0.05) is 49.2 Å². The Kier molecular flexibility index (Phi) is 7.05. The molecule has 1 aliphatic heterocycles. The number of rotatable bonds is 6. The summed E-state index contributed by atoms with van der Waals surface area (Å²) in [7, 11) is -3.64. The number of amides is 1.